The van der Waals surface area contributed by atoms with E-state index in [1.165, 1.54) is 0 Å². The van der Waals surface area contributed by atoms with Crippen molar-refractivity contribution in [1.29, 1.82) is 0 Å². The van der Waals surface area contributed by atoms with Crippen LogP contribution in [0.5, 0.6) is 0 Å². The van der Waals surface area contributed by atoms with Crippen LogP contribution in [0.1, 0.15) is 10.4 Å². The molecule has 0 unspecified atom stereocenters. The lowest BCUT2D eigenvalue weighted by Crippen LogP contribution is -2.37. The van der Waals surface area contributed by atoms with Crippen LogP contribution in [0, 0.1) is 0 Å². The van der Waals surface area contributed by atoms with Crippen LogP contribution in [0.4, 0.5) is 11.5 Å². The van der Waals surface area contributed by atoms with Gasteiger partial charge in [-0.05, 0) is 30.3 Å². The van der Waals surface area contributed by atoms with Gasteiger partial charge >= 0.3 is 0 Å². The van der Waals surface area contributed by atoms with Crippen molar-refractivity contribution in [2.45, 2.75) is 0 Å². The number of fused-ring (bicyclic) bond motifs is 1. The zero-order valence-corrected chi connectivity index (χ0v) is 17.3. The minimum atomic E-state index is -0.279. The highest BCUT2D eigenvalue weighted by Crippen LogP contribution is 2.26. The number of nitrogens with zero attached hydrogens (tertiary/aromatic N) is 5. The van der Waals surface area contributed by atoms with Gasteiger partial charge in [-0.1, -0.05) is 23.7 Å². The molecule has 0 saturated carbocycles. The summed E-state index contributed by atoms with van der Waals surface area (Å²) in [5, 5.41) is 8.23. The number of aromatic nitrogens is 4. The van der Waals surface area contributed by atoms with Gasteiger partial charge in [0.2, 0.25) is 0 Å². The molecular weight excluding hydrogens is 416 g/mol. The molecular formula is C22H19ClN6O2. The quantitative estimate of drug-likeness (QED) is 0.529. The Kier molecular flexibility index (Phi) is 5.23. The Morgan fingerprint density at radius 2 is 2.00 bits per heavy atom. The van der Waals surface area contributed by atoms with Crippen LogP contribution in [-0.4, -0.2) is 51.8 Å². The van der Waals surface area contributed by atoms with E-state index >= 15 is 0 Å². The average Bonchev–Trinajstić information content (AvgIpc) is 3.24. The van der Waals surface area contributed by atoms with Crippen molar-refractivity contribution in [2.24, 2.45) is 0 Å². The summed E-state index contributed by atoms with van der Waals surface area (Å²) in [5.41, 5.74) is 3.04. The third-order valence-electron chi connectivity index (χ3n) is 5.03. The van der Waals surface area contributed by atoms with E-state index in [-0.39, 0.29) is 5.91 Å². The maximum atomic E-state index is 13.2. The molecule has 156 valence electrons. The predicted octanol–water partition coefficient (Wildman–Crippen LogP) is 3.53. The molecule has 1 fully saturated rings. The standard InChI is InChI=1S/C22H19ClN6O2/c23-16-4-1-3-15(11-16)19-14-29-21(26-19)18(22(30)25-17-5-2-6-24-13-17)12-20(27-29)28-7-9-31-10-8-28/h1-6,11-14H,7-10H2,(H,25,30). The molecule has 1 saturated heterocycles. The van der Waals surface area contributed by atoms with Gasteiger partial charge in [0.1, 0.15) is 0 Å². The number of benzene rings is 1. The molecule has 0 bridgehead atoms. The van der Waals surface area contributed by atoms with Gasteiger partial charge in [-0.25, -0.2) is 9.50 Å². The fourth-order valence-corrected chi connectivity index (χ4v) is 3.69. The molecule has 1 aromatic carbocycles. The molecule has 4 aromatic rings. The Bertz CT molecular complexity index is 1240. The van der Waals surface area contributed by atoms with E-state index in [9.17, 15) is 4.79 Å². The first kappa shape index (κ1) is 19.5. The molecule has 3 aromatic heterocycles. The number of carbonyl (C=O) groups is 1. The number of carbonyl (C=O) groups excluding carboxylic acids is 1. The van der Waals surface area contributed by atoms with Crippen LogP contribution in [-0.2, 0) is 4.74 Å². The van der Waals surface area contributed by atoms with Gasteiger partial charge in [-0.2, -0.15) is 0 Å². The van der Waals surface area contributed by atoms with E-state index < -0.39 is 0 Å². The van der Waals surface area contributed by atoms with Crippen LogP contribution >= 0.6 is 11.6 Å². The largest absolute Gasteiger partial charge is 0.378 e. The van der Waals surface area contributed by atoms with E-state index in [1.54, 1.807) is 35.1 Å². The number of hydrogen-bond donors (Lipinski definition) is 1. The SMILES string of the molecule is O=C(Nc1cccnc1)c1cc(N2CCOCC2)nn2cc(-c3cccc(Cl)c3)nc12. The van der Waals surface area contributed by atoms with Crippen molar-refractivity contribution in [3.63, 3.8) is 0 Å². The van der Waals surface area contributed by atoms with Gasteiger partial charge < -0.3 is 15.0 Å². The lowest BCUT2D eigenvalue weighted by atomic mass is 10.2. The molecule has 4 heterocycles. The number of halogens is 1. The van der Waals surface area contributed by atoms with Crippen molar-refractivity contribution < 1.29 is 9.53 Å². The topological polar surface area (TPSA) is 84.7 Å². The molecule has 0 radical (unpaired) electrons. The minimum absolute atomic E-state index is 0.279. The Balaban J connectivity index is 1.60. The fourth-order valence-electron chi connectivity index (χ4n) is 3.50. The van der Waals surface area contributed by atoms with Crippen LogP contribution in [0.15, 0.2) is 61.1 Å². The first-order valence-corrected chi connectivity index (χ1v) is 10.3. The zero-order valence-electron chi connectivity index (χ0n) is 16.5. The highest BCUT2D eigenvalue weighted by Gasteiger charge is 2.21. The number of anilines is 2. The van der Waals surface area contributed by atoms with Gasteiger partial charge in [0.15, 0.2) is 11.5 Å². The highest BCUT2D eigenvalue weighted by molar-refractivity contribution is 6.30. The van der Waals surface area contributed by atoms with Crippen LogP contribution in [0.3, 0.4) is 0 Å². The molecule has 1 aliphatic rings. The number of ether oxygens (including phenoxy) is 1. The molecule has 0 atom stereocenters. The Morgan fingerprint density at radius 1 is 1.13 bits per heavy atom. The minimum Gasteiger partial charge on any atom is -0.378 e. The lowest BCUT2D eigenvalue weighted by molar-refractivity contribution is 0.102. The second-order valence-electron chi connectivity index (χ2n) is 7.12. The van der Waals surface area contributed by atoms with Crippen LogP contribution in [0.25, 0.3) is 16.9 Å². The first-order chi connectivity index (χ1) is 15.2. The fraction of sp³-hybridized carbons (Fsp3) is 0.182. The van der Waals surface area contributed by atoms with Crippen molar-refractivity contribution >= 4 is 34.7 Å². The molecule has 9 heteroatoms. The highest BCUT2D eigenvalue weighted by atomic mass is 35.5. The molecule has 1 N–H and O–H groups in total. The van der Waals surface area contributed by atoms with E-state index in [4.69, 9.17) is 26.4 Å². The smallest absolute Gasteiger partial charge is 0.259 e. The average molecular weight is 435 g/mol. The summed E-state index contributed by atoms with van der Waals surface area (Å²) in [6, 6.07) is 12.8. The third kappa shape index (κ3) is 4.08. The Morgan fingerprint density at radius 3 is 2.77 bits per heavy atom. The number of hydrogen-bond acceptors (Lipinski definition) is 6. The monoisotopic (exact) mass is 434 g/mol. The maximum Gasteiger partial charge on any atom is 0.259 e. The summed E-state index contributed by atoms with van der Waals surface area (Å²) < 4.78 is 7.10. The zero-order chi connectivity index (χ0) is 21.2. The first-order valence-electron chi connectivity index (χ1n) is 9.88. The summed E-state index contributed by atoms with van der Waals surface area (Å²) in [5.74, 6) is 0.417. The van der Waals surface area contributed by atoms with E-state index in [0.29, 0.717) is 59.7 Å². The van der Waals surface area contributed by atoms with Crippen molar-refractivity contribution in [3.8, 4) is 11.3 Å². The van der Waals surface area contributed by atoms with Crippen molar-refractivity contribution in [2.75, 3.05) is 36.5 Å². The van der Waals surface area contributed by atoms with Gasteiger partial charge in [-0.15, -0.1) is 5.10 Å². The van der Waals surface area contributed by atoms with Crippen LogP contribution < -0.4 is 10.2 Å². The summed E-state index contributed by atoms with van der Waals surface area (Å²) in [6.07, 6.45) is 5.07. The number of imidazole rings is 1. The maximum absolute atomic E-state index is 13.2. The van der Waals surface area contributed by atoms with Crippen molar-refractivity contribution in [1.82, 2.24) is 19.6 Å². The van der Waals surface area contributed by atoms with E-state index in [2.05, 4.69) is 15.2 Å². The lowest BCUT2D eigenvalue weighted by Gasteiger charge is -2.27. The summed E-state index contributed by atoms with van der Waals surface area (Å²) in [6.45, 7) is 2.65. The number of morpholine rings is 1. The molecule has 0 aliphatic carbocycles. The third-order valence-corrected chi connectivity index (χ3v) is 5.27. The molecule has 8 nitrogen and oxygen atoms in total. The van der Waals surface area contributed by atoms with E-state index in [0.717, 1.165) is 5.56 Å². The molecule has 1 aliphatic heterocycles. The number of rotatable bonds is 4. The Hall–Kier alpha value is -3.49. The van der Waals surface area contributed by atoms with Crippen molar-refractivity contribution in [3.05, 3.63) is 71.6 Å². The molecule has 0 spiro atoms. The van der Waals surface area contributed by atoms with Gasteiger partial charge in [0, 0.05) is 29.9 Å². The Labute approximate surface area is 183 Å². The van der Waals surface area contributed by atoms with Gasteiger partial charge in [0.25, 0.3) is 5.91 Å². The second kappa shape index (κ2) is 8.33. The number of amides is 1. The molecule has 31 heavy (non-hydrogen) atoms. The summed E-state index contributed by atoms with van der Waals surface area (Å²) in [4.78, 5) is 24.0. The molecule has 1 amide bonds. The van der Waals surface area contributed by atoms with Crippen LogP contribution in [0.2, 0.25) is 5.02 Å². The summed E-state index contributed by atoms with van der Waals surface area (Å²) in [7, 11) is 0. The number of nitrogens with one attached hydrogen (secondary N) is 1. The van der Waals surface area contributed by atoms with Gasteiger partial charge in [0.05, 0.1) is 42.6 Å². The van der Waals surface area contributed by atoms with E-state index in [1.807, 2.05) is 30.5 Å². The number of pyridine rings is 1. The summed E-state index contributed by atoms with van der Waals surface area (Å²) >= 11 is 6.15. The molecule has 5 rings (SSSR count). The second-order valence-corrected chi connectivity index (χ2v) is 7.55. The predicted molar refractivity (Wildman–Crippen MR) is 119 cm³/mol. The van der Waals surface area contributed by atoms with Gasteiger partial charge in [-0.3, -0.25) is 9.78 Å². The normalized spacial score (nSPS) is 14.0.